The summed E-state index contributed by atoms with van der Waals surface area (Å²) in [7, 11) is 1.57. The van der Waals surface area contributed by atoms with Crippen LogP contribution in [0, 0.1) is 13.8 Å². The molecule has 0 fully saturated rings. The molecule has 4 aromatic rings. The minimum absolute atomic E-state index is 0.257. The lowest BCUT2D eigenvalue weighted by Gasteiger charge is -2.13. The smallest absolute Gasteiger partial charge is 0.254 e. The third-order valence-corrected chi connectivity index (χ3v) is 4.45. The fourth-order valence-electron chi connectivity index (χ4n) is 3.16. The van der Waals surface area contributed by atoms with Crippen LogP contribution in [0.5, 0.6) is 5.88 Å². The Hall–Kier alpha value is -3.81. The topological polar surface area (TPSA) is 109 Å². The molecule has 0 bridgehead atoms. The Morgan fingerprint density at radius 1 is 1.11 bits per heavy atom. The van der Waals surface area contributed by atoms with Gasteiger partial charge in [0, 0.05) is 18.5 Å². The maximum Gasteiger partial charge on any atom is 0.254 e. The van der Waals surface area contributed by atoms with Crippen LogP contribution in [0.2, 0.25) is 0 Å². The first-order valence-electron chi connectivity index (χ1n) is 8.62. The summed E-state index contributed by atoms with van der Waals surface area (Å²) < 4.78 is 7.03. The maximum absolute atomic E-state index is 12.2. The van der Waals surface area contributed by atoms with Gasteiger partial charge in [0.25, 0.3) is 5.91 Å². The van der Waals surface area contributed by atoms with Crippen molar-refractivity contribution in [2.45, 2.75) is 13.8 Å². The molecule has 1 amide bonds. The number of carbonyl (C=O) groups is 1. The van der Waals surface area contributed by atoms with E-state index in [2.05, 4.69) is 19.9 Å². The van der Waals surface area contributed by atoms with Crippen molar-refractivity contribution in [3.05, 3.63) is 59.5 Å². The normalized spacial score (nSPS) is 11.0. The molecule has 0 saturated heterocycles. The fraction of sp³-hybridized carbons (Fsp3) is 0.150. The van der Waals surface area contributed by atoms with Crippen LogP contribution in [0.15, 0.2) is 42.7 Å². The number of aryl methyl sites for hydroxylation is 2. The molecular weight excluding hydrogens is 356 g/mol. The molecule has 0 spiro atoms. The number of ether oxygens (including phenoxy) is 1. The molecule has 140 valence electrons. The Kier molecular flexibility index (Phi) is 4.23. The van der Waals surface area contributed by atoms with Crippen molar-refractivity contribution in [3.63, 3.8) is 0 Å². The third kappa shape index (κ3) is 2.84. The SMILES string of the molecule is COc1ccc2c(n1)c(C)cn2-c1nc(-c2ccccn2)nc(C)c1C(N)=O. The highest BCUT2D eigenvalue weighted by molar-refractivity contribution is 5.98. The number of nitrogens with zero attached hydrogens (tertiary/aromatic N) is 5. The van der Waals surface area contributed by atoms with E-state index in [1.54, 1.807) is 30.9 Å². The lowest BCUT2D eigenvalue weighted by atomic mass is 10.2. The molecule has 4 heterocycles. The van der Waals surface area contributed by atoms with E-state index in [1.165, 1.54) is 0 Å². The van der Waals surface area contributed by atoms with Gasteiger partial charge in [-0.15, -0.1) is 0 Å². The van der Waals surface area contributed by atoms with E-state index < -0.39 is 5.91 Å². The lowest BCUT2D eigenvalue weighted by Crippen LogP contribution is -2.19. The van der Waals surface area contributed by atoms with Gasteiger partial charge in [-0.2, -0.15) is 0 Å². The summed E-state index contributed by atoms with van der Waals surface area (Å²) in [6.45, 7) is 3.67. The van der Waals surface area contributed by atoms with Crippen molar-refractivity contribution in [1.29, 1.82) is 0 Å². The molecule has 4 rings (SSSR count). The van der Waals surface area contributed by atoms with Gasteiger partial charge < -0.3 is 10.5 Å². The number of nitrogens with two attached hydrogens (primary N) is 1. The van der Waals surface area contributed by atoms with E-state index in [-0.39, 0.29) is 5.56 Å². The van der Waals surface area contributed by atoms with Crippen LogP contribution in [0.3, 0.4) is 0 Å². The van der Waals surface area contributed by atoms with E-state index in [1.807, 2.05) is 37.4 Å². The van der Waals surface area contributed by atoms with Gasteiger partial charge in [0.15, 0.2) is 11.6 Å². The van der Waals surface area contributed by atoms with Crippen LogP contribution < -0.4 is 10.5 Å². The Balaban J connectivity index is 2.02. The van der Waals surface area contributed by atoms with Gasteiger partial charge in [0.2, 0.25) is 5.88 Å². The number of fused-ring (bicyclic) bond motifs is 1. The van der Waals surface area contributed by atoms with Gasteiger partial charge in [0.1, 0.15) is 11.3 Å². The Morgan fingerprint density at radius 3 is 2.61 bits per heavy atom. The van der Waals surface area contributed by atoms with Crippen LogP contribution in [0.25, 0.3) is 28.4 Å². The molecule has 8 nitrogen and oxygen atoms in total. The molecule has 0 saturated carbocycles. The van der Waals surface area contributed by atoms with Gasteiger partial charge >= 0.3 is 0 Å². The molecule has 0 radical (unpaired) electrons. The van der Waals surface area contributed by atoms with Crippen molar-refractivity contribution < 1.29 is 9.53 Å². The summed E-state index contributed by atoms with van der Waals surface area (Å²) >= 11 is 0. The first-order chi connectivity index (χ1) is 13.5. The van der Waals surface area contributed by atoms with E-state index in [0.717, 1.165) is 16.6 Å². The molecule has 0 atom stereocenters. The predicted octanol–water partition coefficient (Wildman–Crippen LogP) is 2.60. The van der Waals surface area contributed by atoms with E-state index in [9.17, 15) is 4.79 Å². The van der Waals surface area contributed by atoms with Crippen molar-refractivity contribution >= 4 is 16.9 Å². The molecule has 0 aromatic carbocycles. The molecule has 28 heavy (non-hydrogen) atoms. The zero-order chi connectivity index (χ0) is 19.8. The number of primary amides is 1. The van der Waals surface area contributed by atoms with E-state index in [0.29, 0.717) is 28.9 Å². The number of carbonyl (C=O) groups excluding carboxylic acids is 1. The third-order valence-electron chi connectivity index (χ3n) is 4.45. The number of aromatic nitrogens is 5. The summed E-state index contributed by atoms with van der Waals surface area (Å²) in [5, 5.41) is 0. The van der Waals surface area contributed by atoms with Crippen LogP contribution in [-0.2, 0) is 0 Å². The minimum Gasteiger partial charge on any atom is -0.481 e. The number of rotatable bonds is 4. The first kappa shape index (κ1) is 17.6. The number of hydrogen-bond donors (Lipinski definition) is 1. The fourth-order valence-corrected chi connectivity index (χ4v) is 3.16. The molecule has 0 aliphatic rings. The molecule has 4 aromatic heterocycles. The molecular formula is C20H18N6O2. The second-order valence-electron chi connectivity index (χ2n) is 6.31. The summed E-state index contributed by atoms with van der Waals surface area (Å²) in [5.74, 6) is 0.724. The van der Waals surface area contributed by atoms with Crippen LogP contribution >= 0.6 is 0 Å². The standard InChI is InChI=1S/C20H18N6O2/c1-11-10-26(14-7-8-15(28-3)24-17(11)14)20-16(18(21)27)12(2)23-19(25-20)13-6-4-5-9-22-13/h4-10H,1-3H3,(H2,21,27). The van der Waals surface area contributed by atoms with E-state index in [4.69, 9.17) is 10.5 Å². The Labute approximate surface area is 161 Å². The highest BCUT2D eigenvalue weighted by Gasteiger charge is 2.21. The quantitative estimate of drug-likeness (QED) is 0.588. The zero-order valence-corrected chi connectivity index (χ0v) is 15.7. The van der Waals surface area contributed by atoms with Crippen molar-refractivity contribution in [2.24, 2.45) is 5.73 Å². The number of pyridine rings is 2. The van der Waals surface area contributed by atoms with Crippen LogP contribution in [-0.4, -0.2) is 37.5 Å². The first-order valence-corrected chi connectivity index (χ1v) is 8.62. The second-order valence-corrected chi connectivity index (χ2v) is 6.31. The maximum atomic E-state index is 12.2. The molecule has 2 N–H and O–H groups in total. The largest absolute Gasteiger partial charge is 0.481 e. The predicted molar refractivity (Wildman–Crippen MR) is 104 cm³/mol. The summed E-state index contributed by atoms with van der Waals surface area (Å²) in [4.78, 5) is 30.1. The van der Waals surface area contributed by atoms with Crippen LogP contribution in [0.4, 0.5) is 0 Å². The van der Waals surface area contributed by atoms with Gasteiger partial charge in [-0.25, -0.2) is 15.0 Å². The molecule has 0 aliphatic heterocycles. The van der Waals surface area contributed by atoms with Crippen LogP contribution in [0.1, 0.15) is 21.6 Å². The number of methoxy groups -OCH3 is 1. The van der Waals surface area contributed by atoms with Gasteiger partial charge in [0.05, 0.1) is 23.8 Å². The average Bonchev–Trinajstić information content (AvgIpc) is 3.03. The van der Waals surface area contributed by atoms with Crippen molar-refractivity contribution in [3.8, 4) is 23.2 Å². The zero-order valence-electron chi connectivity index (χ0n) is 15.7. The van der Waals surface area contributed by atoms with Gasteiger partial charge in [-0.05, 0) is 37.6 Å². The summed E-state index contributed by atoms with van der Waals surface area (Å²) in [6.07, 6.45) is 3.54. The molecule has 0 unspecified atom stereocenters. The molecule has 8 heteroatoms. The second kappa shape index (κ2) is 6.73. The van der Waals surface area contributed by atoms with Gasteiger partial charge in [-0.1, -0.05) is 6.07 Å². The summed E-state index contributed by atoms with van der Waals surface area (Å²) in [6, 6.07) is 9.12. The number of hydrogen-bond acceptors (Lipinski definition) is 6. The minimum atomic E-state index is -0.596. The van der Waals surface area contributed by atoms with Crippen molar-refractivity contribution in [2.75, 3.05) is 7.11 Å². The molecule has 0 aliphatic carbocycles. The lowest BCUT2D eigenvalue weighted by molar-refractivity contribution is 0.0999. The average molecular weight is 374 g/mol. The Bertz CT molecular complexity index is 1200. The highest BCUT2D eigenvalue weighted by atomic mass is 16.5. The Morgan fingerprint density at radius 2 is 1.93 bits per heavy atom. The highest BCUT2D eigenvalue weighted by Crippen LogP contribution is 2.28. The number of amides is 1. The van der Waals surface area contributed by atoms with E-state index >= 15 is 0 Å². The van der Waals surface area contributed by atoms with Gasteiger partial charge in [-0.3, -0.25) is 14.3 Å². The monoisotopic (exact) mass is 374 g/mol. The van der Waals surface area contributed by atoms with Crippen molar-refractivity contribution in [1.82, 2.24) is 24.5 Å². The summed E-state index contributed by atoms with van der Waals surface area (Å²) in [5.41, 5.74) is 9.46.